The lowest BCUT2D eigenvalue weighted by Crippen LogP contribution is -2.40. The molecular weight excluding hydrogens is 283 g/mol. The average Bonchev–Trinajstić information content (AvgIpc) is 2.34. The maximum atomic E-state index is 12.1. The van der Waals surface area contributed by atoms with Crippen LogP contribution in [0, 0.1) is 12.1 Å². The molecule has 0 aliphatic carbocycles. The predicted molar refractivity (Wildman–Crippen MR) is 84.2 cm³/mol. The molecule has 1 aromatic heterocycles. The largest absolute Gasteiger partial charge is 0.710 e. The molecule has 1 heterocycles. The summed E-state index contributed by atoms with van der Waals surface area (Å²) in [4.78, 5) is 1.98. The molecule has 1 aromatic rings. The summed E-state index contributed by atoms with van der Waals surface area (Å²) in [5.74, 6) is 0.580. The fourth-order valence-electron chi connectivity index (χ4n) is 1.61. The number of rotatable bonds is 5. The number of aryl methyl sites for hydroxylation is 1. The maximum absolute atomic E-state index is 12.1. The highest BCUT2D eigenvalue weighted by Crippen LogP contribution is 2.17. The summed E-state index contributed by atoms with van der Waals surface area (Å²) in [5.41, 5.74) is 0.600. The smallest absolute Gasteiger partial charge is 0.281 e. The number of pyridine rings is 1. The van der Waals surface area contributed by atoms with E-state index in [9.17, 15) is 5.21 Å². The standard InChI is InChI=1S/C14H19ClN2O.ClH/c1-4-6-8-16(9-7-5-2)14-11-13(15)10-12(3)17(14)18;/h4-7,10-11H,8-9H2,1-3H3;1H/b6-4+,7-5+;. The fraction of sp³-hybridized carbons (Fsp3) is 0.357. The zero-order chi connectivity index (χ0) is 13.5. The van der Waals surface area contributed by atoms with Gasteiger partial charge < -0.3 is 5.21 Å². The average molecular weight is 303 g/mol. The van der Waals surface area contributed by atoms with Crippen molar-refractivity contribution in [3.8, 4) is 0 Å². The Morgan fingerprint density at radius 1 is 1.21 bits per heavy atom. The van der Waals surface area contributed by atoms with Gasteiger partial charge in [0.1, 0.15) is 18.8 Å². The number of hydrogen-bond donors (Lipinski definition) is 0. The lowest BCUT2D eigenvalue weighted by molar-refractivity contribution is -0.599. The molecule has 0 amide bonds. The van der Waals surface area contributed by atoms with Crippen LogP contribution in [-0.4, -0.2) is 13.1 Å². The molecule has 0 unspecified atom stereocenters. The Balaban J connectivity index is 0.00000324. The molecule has 1 rings (SSSR count). The normalized spacial score (nSPS) is 10.9. The third kappa shape index (κ3) is 5.13. The Hall–Kier alpha value is -1.19. The molecule has 0 saturated heterocycles. The van der Waals surface area contributed by atoms with E-state index in [1.165, 1.54) is 0 Å². The lowest BCUT2D eigenvalue weighted by atomic mass is 10.3. The first-order chi connectivity index (χ1) is 8.60. The summed E-state index contributed by atoms with van der Waals surface area (Å²) in [6.45, 7) is 7.04. The van der Waals surface area contributed by atoms with E-state index in [0.29, 0.717) is 29.6 Å². The minimum absolute atomic E-state index is 0. The number of halogens is 2. The van der Waals surface area contributed by atoms with Gasteiger partial charge in [0.15, 0.2) is 0 Å². The molecule has 0 fully saturated rings. The molecular formula is C14H20Cl2N2O. The van der Waals surface area contributed by atoms with Crippen LogP contribution in [0.3, 0.4) is 0 Å². The number of anilines is 1. The van der Waals surface area contributed by atoms with Gasteiger partial charge in [0.25, 0.3) is 5.82 Å². The van der Waals surface area contributed by atoms with Gasteiger partial charge in [-0.1, -0.05) is 23.8 Å². The van der Waals surface area contributed by atoms with E-state index >= 15 is 0 Å². The number of allylic oxidation sites excluding steroid dienone is 2. The minimum Gasteiger partial charge on any atom is -0.710 e. The van der Waals surface area contributed by atoms with Crippen LogP contribution >= 0.6 is 24.0 Å². The van der Waals surface area contributed by atoms with Gasteiger partial charge in [0.2, 0.25) is 0 Å². The van der Waals surface area contributed by atoms with E-state index < -0.39 is 0 Å². The molecule has 5 heteroatoms. The Morgan fingerprint density at radius 3 is 2.21 bits per heavy atom. The van der Waals surface area contributed by atoms with Crippen molar-refractivity contribution in [2.24, 2.45) is 0 Å². The molecule has 0 aromatic carbocycles. The van der Waals surface area contributed by atoms with Crippen LogP contribution in [0.4, 0.5) is 5.82 Å². The summed E-state index contributed by atoms with van der Waals surface area (Å²) >= 11 is 6.02. The highest BCUT2D eigenvalue weighted by Gasteiger charge is 2.16. The van der Waals surface area contributed by atoms with Gasteiger partial charge in [0.05, 0.1) is 5.02 Å². The zero-order valence-corrected chi connectivity index (χ0v) is 13.0. The van der Waals surface area contributed by atoms with Crippen molar-refractivity contribution in [1.82, 2.24) is 0 Å². The lowest BCUT2D eigenvalue weighted by Gasteiger charge is -2.20. The molecule has 0 saturated carbocycles. The number of hydrogen-bond acceptors (Lipinski definition) is 2. The zero-order valence-electron chi connectivity index (χ0n) is 11.5. The van der Waals surface area contributed by atoms with Crippen LogP contribution in [0.5, 0.6) is 0 Å². The highest BCUT2D eigenvalue weighted by molar-refractivity contribution is 6.30. The van der Waals surface area contributed by atoms with Crippen LogP contribution in [0.25, 0.3) is 0 Å². The second kappa shape index (κ2) is 8.83. The van der Waals surface area contributed by atoms with E-state index in [1.54, 1.807) is 19.1 Å². The molecule has 0 spiro atoms. The molecule has 0 aliphatic rings. The summed E-state index contributed by atoms with van der Waals surface area (Å²) in [6.07, 6.45) is 7.96. The molecule has 106 valence electrons. The second-order valence-corrected chi connectivity index (χ2v) is 4.45. The van der Waals surface area contributed by atoms with Crippen molar-refractivity contribution in [1.29, 1.82) is 0 Å². The van der Waals surface area contributed by atoms with Crippen LogP contribution < -0.4 is 9.63 Å². The minimum atomic E-state index is 0. The van der Waals surface area contributed by atoms with E-state index in [4.69, 9.17) is 11.6 Å². The molecule has 0 aliphatic heterocycles. The monoisotopic (exact) mass is 302 g/mol. The maximum Gasteiger partial charge on any atom is 0.281 e. The van der Waals surface area contributed by atoms with Gasteiger partial charge in [-0.3, -0.25) is 4.90 Å². The van der Waals surface area contributed by atoms with E-state index in [1.807, 2.05) is 43.1 Å². The van der Waals surface area contributed by atoms with Gasteiger partial charge >= 0.3 is 0 Å². The number of aromatic nitrogens is 1. The molecule has 0 radical (unpaired) electrons. The first kappa shape index (κ1) is 17.8. The fourth-order valence-corrected chi connectivity index (χ4v) is 1.86. The van der Waals surface area contributed by atoms with Crippen LogP contribution in [-0.2, 0) is 0 Å². The van der Waals surface area contributed by atoms with Crippen LogP contribution in [0.1, 0.15) is 19.5 Å². The highest BCUT2D eigenvalue weighted by atomic mass is 35.5. The van der Waals surface area contributed by atoms with E-state index in [0.717, 1.165) is 4.73 Å². The Bertz CT molecular complexity index is 445. The van der Waals surface area contributed by atoms with Gasteiger partial charge in [0, 0.05) is 6.07 Å². The van der Waals surface area contributed by atoms with Gasteiger partial charge in [-0.05, 0) is 39.0 Å². The molecule has 19 heavy (non-hydrogen) atoms. The molecule has 0 atom stereocenters. The van der Waals surface area contributed by atoms with Crippen molar-refractivity contribution in [2.45, 2.75) is 20.8 Å². The van der Waals surface area contributed by atoms with Crippen LogP contribution in [0.15, 0.2) is 36.4 Å². The summed E-state index contributed by atoms with van der Waals surface area (Å²) in [7, 11) is 0. The Kier molecular flexibility index (Phi) is 8.28. The van der Waals surface area contributed by atoms with E-state index in [-0.39, 0.29) is 12.4 Å². The second-order valence-electron chi connectivity index (χ2n) is 4.01. The van der Waals surface area contributed by atoms with Crippen molar-refractivity contribution >= 4 is 29.8 Å². The molecule has 0 N–H and O–H groups in total. The van der Waals surface area contributed by atoms with Crippen molar-refractivity contribution < 1.29 is 4.73 Å². The third-order valence-electron chi connectivity index (χ3n) is 2.59. The predicted octanol–water partition coefficient (Wildman–Crippen LogP) is 3.66. The van der Waals surface area contributed by atoms with E-state index in [2.05, 4.69) is 0 Å². The quantitative estimate of drug-likeness (QED) is 0.472. The number of nitrogens with zero attached hydrogens (tertiary/aromatic N) is 2. The Labute approximate surface area is 126 Å². The first-order valence-electron chi connectivity index (χ1n) is 5.97. The summed E-state index contributed by atoms with van der Waals surface area (Å²) < 4.78 is 0.916. The third-order valence-corrected chi connectivity index (χ3v) is 2.81. The van der Waals surface area contributed by atoms with Crippen molar-refractivity contribution in [3.63, 3.8) is 0 Å². The van der Waals surface area contributed by atoms with Gasteiger partial charge in [-0.25, -0.2) is 4.73 Å². The SMILES string of the molecule is C/C=C/CN(C/C=C/C)c1cc(Cl)cc(C)[n+]1[O-].Cl. The molecule has 0 bridgehead atoms. The van der Waals surface area contributed by atoms with Gasteiger partial charge in [-0.2, -0.15) is 0 Å². The van der Waals surface area contributed by atoms with Gasteiger partial charge in [-0.15, -0.1) is 12.4 Å². The summed E-state index contributed by atoms with van der Waals surface area (Å²) in [5, 5.41) is 12.6. The van der Waals surface area contributed by atoms with Crippen molar-refractivity contribution in [2.75, 3.05) is 18.0 Å². The summed E-state index contributed by atoms with van der Waals surface area (Å²) in [6, 6.07) is 3.37. The topological polar surface area (TPSA) is 30.2 Å². The Morgan fingerprint density at radius 2 is 1.74 bits per heavy atom. The molecule has 3 nitrogen and oxygen atoms in total. The van der Waals surface area contributed by atoms with Crippen molar-refractivity contribution in [3.05, 3.63) is 52.4 Å². The first-order valence-corrected chi connectivity index (χ1v) is 6.35. The van der Waals surface area contributed by atoms with Crippen LogP contribution in [0.2, 0.25) is 5.02 Å².